The molecule has 1 amide bonds. The lowest BCUT2D eigenvalue weighted by atomic mass is 10.1. The summed E-state index contributed by atoms with van der Waals surface area (Å²) in [5.41, 5.74) is 4.10. The summed E-state index contributed by atoms with van der Waals surface area (Å²) in [5, 5.41) is 3.10. The topological polar surface area (TPSA) is 50.2 Å². The average Bonchev–Trinajstić information content (AvgIpc) is 3.30. The van der Waals surface area contributed by atoms with Crippen LogP contribution in [0.4, 0.5) is 0 Å². The minimum absolute atomic E-state index is 0.0410. The number of hydrogen-bond donors (Lipinski definition) is 1. The van der Waals surface area contributed by atoms with Gasteiger partial charge in [-0.15, -0.1) is 0 Å². The Balaban J connectivity index is 1.34. The molecule has 0 saturated carbocycles. The molecule has 1 aromatic heterocycles. The third-order valence-electron chi connectivity index (χ3n) is 5.61. The molecule has 1 saturated heterocycles. The quantitative estimate of drug-likeness (QED) is 0.683. The van der Waals surface area contributed by atoms with Gasteiger partial charge in [0, 0.05) is 30.2 Å². The van der Waals surface area contributed by atoms with E-state index in [1.165, 1.54) is 37.9 Å². The Bertz CT molecular complexity index is 911. The predicted molar refractivity (Wildman–Crippen MR) is 115 cm³/mol. The second kappa shape index (κ2) is 9.05. The molecule has 3 aromatic rings. The number of piperidine rings is 1. The smallest absolute Gasteiger partial charge is 0.251 e. The van der Waals surface area contributed by atoms with Gasteiger partial charge in [-0.2, -0.15) is 0 Å². The van der Waals surface area contributed by atoms with Crippen LogP contribution in [0.1, 0.15) is 53.7 Å². The molecule has 1 aliphatic heterocycles. The molecule has 1 unspecified atom stereocenters. The maximum Gasteiger partial charge on any atom is 0.251 e. The molecule has 2 heterocycles. The molecule has 2 aromatic carbocycles. The van der Waals surface area contributed by atoms with E-state index in [0.717, 1.165) is 17.8 Å². The molecule has 150 valence electrons. The number of amides is 1. The van der Waals surface area contributed by atoms with E-state index < -0.39 is 0 Å². The van der Waals surface area contributed by atoms with Gasteiger partial charge in [0.2, 0.25) is 0 Å². The SMILES string of the molecule is CC(NC(=O)c1ccc(CN2CCCCC2)cc1)c1ccc(-n2ccnc2)cc1. The van der Waals surface area contributed by atoms with Crippen molar-refractivity contribution in [2.45, 2.75) is 38.8 Å². The Hall–Kier alpha value is -2.92. The molecule has 4 rings (SSSR count). The molecule has 0 radical (unpaired) electrons. The predicted octanol–water partition coefficient (Wildman–Crippen LogP) is 4.35. The summed E-state index contributed by atoms with van der Waals surface area (Å²) < 4.78 is 1.96. The van der Waals surface area contributed by atoms with Crippen LogP contribution >= 0.6 is 0 Å². The van der Waals surface area contributed by atoms with Crippen LogP contribution in [-0.4, -0.2) is 33.4 Å². The Morgan fingerprint density at radius 2 is 1.76 bits per heavy atom. The Labute approximate surface area is 172 Å². The number of hydrogen-bond acceptors (Lipinski definition) is 3. The van der Waals surface area contributed by atoms with E-state index in [0.29, 0.717) is 5.56 Å². The van der Waals surface area contributed by atoms with Gasteiger partial charge in [-0.1, -0.05) is 30.7 Å². The van der Waals surface area contributed by atoms with Gasteiger partial charge < -0.3 is 9.88 Å². The molecular formula is C24H28N4O. The van der Waals surface area contributed by atoms with Crippen molar-refractivity contribution in [3.8, 4) is 5.69 Å². The number of carbonyl (C=O) groups excluding carboxylic acids is 1. The van der Waals surface area contributed by atoms with Crippen molar-refractivity contribution < 1.29 is 4.79 Å². The van der Waals surface area contributed by atoms with Gasteiger partial charge in [-0.25, -0.2) is 4.98 Å². The summed E-state index contributed by atoms with van der Waals surface area (Å²) in [7, 11) is 0. The first kappa shape index (κ1) is 19.4. The van der Waals surface area contributed by atoms with Gasteiger partial charge in [0.1, 0.15) is 0 Å². The van der Waals surface area contributed by atoms with E-state index in [-0.39, 0.29) is 11.9 Å². The average molecular weight is 389 g/mol. The number of benzene rings is 2. The van der Waals surface area contributed by atoms with Crippen molar-refractivity contribution in [3.05, 3.63) is 83.9 Å². The Kier molecular flexibility index (Phi) is 6.06. The lowest BCUT2D eigenvalue weighted by molar-refractivity contribution is 0.0940. The molecule has 1 fully saturated rings. The summed E-state index contributed by atoms with van der Waals surface area (Å²) in [4.78, 5) is 19.2. The fourth-order valence-corrected chi connectivity index (χ4v) is 3.85. The first-order valence-electron chi connectivity index (χ1n) is 10.4. The number of rotatable bonds is 6. The van der Waals surface area contributed by atoms with E-state index in [1.807, 2.05) is 54.1 Å². The number of likely N-dealkylation sites (tertiary alicyclic amines) is 1. The van der Waals surface area contributed by atoms with E-state index in [9.17, 15) is 4.79 Å². The van der Waals surface area contributed by atoms with E-state index in [2.05, 4.69) is 27.3 Å². The number of imidazole rings is 1. The summed E-state index contributed by atoms with van der Waals surface area (Å²) in [6.07, 6.45) is 9.38. The normalized spacial score (nSPS) is 15.8. The van der Waals surface area contributed by atoms with Gasteiger partial charge in [0.05, 0.1) is 12.4 Å². The van der Waals surface area contributed by atoms with Gasteiger partial charge in [0.25, 0.3) is 5.91 Å². The van der Waals surface area contributed by atoms with Gasteiger partial charge in [-0.05, 0) is 68.2 Å². The molecule has 0 bridgehead atoms. The molecular weight excluding hydrogens is 360 g/mol. The van der Waals surface area contributed by atoms with Crippen molar-refractivity contribution in [2.24, 2.45) is 0 Å². The van der Waals surface area contributed by atoms with Crippen molar-refractivity contribution >= 4 is 5.91 Å². The zero-order chi connectivity index (χ0) is 20.1. The molecule has 29 heavy (non-hydrogen) atoms. The van der Waals surface area contributed by atoms with E-state index in [1.54, 1.807) is 12.5 Å². The standard InChI is InChI=1S/C24H28N4O/c1-19(21-9-11-23(12-10-21)28-16-13-25-18-28)26-24(29)22-7-5-20(6-8-22)17-27-14-3-2-4-15-27/h5-13,16,18-19H,2-4,14-15,17H2,1H3,(H,26,29). The molecule has 0 aliphatic carbocycles. The van der Waals surface area contributed by atoms with E-state index in [4.69, 9.17) is 0 Å². The zero-order valence-corrected chi connectivity index (χ0v) is 16.9. The number of carbonyl (C=O) groups is 1. The molecule has 5 heteroatoms. The van der Waals surface area contributed by atoms with Gasteiger partial charge in [-0.3, -0.25) is 9.69 Å². The lowest BCUT2D eigenvalue weighted by Gasteiger charge is -2.26. The maximum atomic E-state index is 12.6. The van der Waals surface area contributed by atoms with Crippen molar-refractivity contribution in [3.63, 3.8) is 0 Å². The van der Waals surface area contributed by atoms with Crippen LogP contribution in [0.25, 0.3) is 5.69 Å². The largest absolute Gasteiger partial charge is 0.346 e. The fraction of sp³-hybridized carbons (Fsp3) is 0.333. The van der Waals surface area contributed by atoms with Crippen LogP contribution in [0.5, 0.6) is 0 Å². The minimum Gasteiger partial charge on any atom is -0.346 e. The molecule has 5 nitrogen and oxygen atoms in total. The lowest BCUT2D eigenvalue weighted by Crippen LogP contribution is -2.29. The van der Waals surface area contributed by atoms with Crippen LogP contribution in [0.2, 0.25) is 0 Å². The monoisotopic (exact) mass is 388 g/mol. The molecule has 1 atom stereocenters. The third-order valence-corrected chi connectivity index (χ3v) is 5.61. The molecule has 1 N–H and O–H groups in total. The number of nitrogens with zero attached hydrogens (tertiary/aromatic N) is 3. The number of nitrogens with one attached hydrogen (secondary N) is 1. The Morgan fingerprint density at radius 3 is 2.41 bits per heavy atom. The van der Waals surface area contributed by atoms with Crippen LogP contribution in [0.15, 0.2) is 67.3 Å². The van der Waals surface area contributed by atoms with Crippen LogP contribution in [0, 0.1) is 0 Å². The van der Waals surface area contributed by atoms with Crippen molar-refractivity contribution in [1.29, 1.82) is 0 Å². The second-order valence-corrected chi connectivity index (χ2v) is 7.79. The van der Waals surface area contributed by atoms with Crippen molar-refractivity contribution in [1.82, 2.24) is 19.8 Å². The minimum atomic E-state index is -0.0626. The first-order chi connectivity index (χ1) is 14.2. The van der Waals surface area contributed by atoms with Crippen LogP contribution in [0.3, 0.4) is 0 Å². The second-order valence-electron chi connectivity index (χ2n) is 7.79. The summed E-state index contributed by atoms with van der Waals surface area (Å²) >= 11 is 0. The van der Waals surface area contributed by atoms with Gasteiger partial charge in [0.15, 0.2) is 0 Å². The third kappa shape index (κ3) is 4.93. The summed E-state index contributed by atoms with van der Waals surface area (Å²) in [6.45, 7) is 5.34. The molecule has 0 spiro atoms. The van der Waals surface area contributed by atoms with Gasteiger partial charge >= 0.3 is 0 Å². The first-order valence-corrected chi connectivity index (χ1v) is 10.4. The zero-order valence-electron chi connectivity index (χ0n) is 16.9. The maximum absolute atomic E-state index is 12.6. The highest BCUT2D eigenvalue weighted by atomic mass is 16.1. The number of aromatic nitrogens is 2. The van der Waals surface area contributed by atoms with Crippen LogP contribution in [-0.2, 0) is 6.54 Å². The highest BCUT2D eigenvalue weighted by Gasteiger charge is 2.13. The highest BCUT2D eigenvalue weighted by Crippen LogP contribution is 2.17. The van der Waals surface area contributed by atoms with Crippen molar-refractivity contribution in [2.75, 3.05) is 13.1 Å². The molecule has 1 aliphatic rings. The van der Waals surface area contributed by atoms with Crippen LogP contribution < -0.4 is 5.32 Å². The highest BCUT2D eigenvalue weighted by molar-refractivity contribution is 5.94. The Morgan fingerprint density at radius 1 is 1.03 bits per heavy atom. The summed E-state index contributed by atoms with van der Waals surface area (Å²) in [6, 6.07) is 16.1. The van der Waals surface area contributed by atoms with E-state index >= 15 is 0 Å². The fourth-order valence-electron chi connectivity index (χ4n) is 3.85. The summed E-state index contributed by atoms with van der Waals surface area (Å²) in [5.74, 6) is -0.0410.